The Hall–Kier alpha value is -3.48. The van der Waals surface area contributed by atoms with Gasteiger partial charge in [0, 0.05) is 35.4 Å². The molecule has 0 unspecified atom stereocenters. The summed E-state index contributed by atoms with van der Waals surface area (Å²) < 4.78 is 1.53. The van der Waals surface area contributed by atoms with Crippen LogP contribution in [0.1, 0.15) is 23.0 Å². The Balaban J connectivity index is 1.79. The molecule has 0 bridgehead atoms. The first-order chi connectivity index (χ1) is 12.6. The van der Waals surface area contributed by atoms with Gasteiger partial charge in [0.15, 0.2) is 6.17 Å². The zero-order valence-electron chi connectivity index (χ0n) is 14.5. The summed E-state index contributed by atoms with van der Waals surface area (Å²) in [5.74, 6) is 0.982. The Morgan fingerprint density at radius 1 is 1.15 bits per heavy atom. The minimum absolute atomic E-state index is 0.160. The maximum Gasteiger partial charge on any atom is 0.257 e. The lowest BCUT2D eigenvalue weighted by molar-refractivity contribution is 0.575. The Morgan fingerprint density at radius 3 is 2.81 bits per heavy atom. The molecule has 1 aromatic carbocycles. The van der Waals surface area contributed by atoms with E-state index in [4.69, 9.17) is 0 Å². The molecule has 0 aliphatic carbocycles. The van der Waals surface area contributed by atoms with E-state index in [-0.39, 0.29) is 5.56 Å². The van der Waals surface area contributed by atoms with Gasteiger partial charge in [0.2, 0.25) is 11.9 Å². The Labute approximate surface area is 150 Å². The SMILES string of the molecule is Cc1cccc(NC2=N[C@@H](c3cccnc3)n3c(nc(C)cc3=O)N2)c1. The van der Waals surface area contributed by atoms with E-state index in [0.717, 1.165) is 16.8 Å². The molecular formula is C19H18N6O. The number of hydrogen-bond acceptors (Lipinski definition) is 6. The van der Waals surface area contributed by atoms with Gasteiger partial charge in [-0.25, -0.2) is 9.98 Å². The highest BCUT2D eigenvalue weighted by Gasteiger charge is 2.25. The molecular weight excluding hydrogens is 328 g/mol. The zero-order valence-corrected chi connectivity index (χ0v) is 14.5. The quantitative estimate of drug-likeness (QED) is 0.745. The van der Waals surface area contributed by atoms with Crippen LogP contribution >= 0.6 is 0 Å². The molecule has 7 heteroatoms. The molecule has 1 aliphatic rings. The van der Waals surface area contributed by atoms with E-state index in [1.54, 1.807) is 19.3 Å². The van der Waals surface area contributed by atoms with E-state index < -0.39 is 6.17 Å². The molecule has 3 heterocycles. The number of pyridine rings is 1. The number of guanidine groups is 1. The number of hydrogen-bond donors (Lipinski definition) is 2. The molecule has 0 amide bonds. The second-order valence-electron chi connectivity index (χ2n) is 6.19. The number of rotatable bonds is 2. The van der Waals surface area contributed by atoms with E-state index in [1.807, 2.05) is 43.3 Å². The Bertz CT molecular complexity index is 1040. The van der Waals surface area contributed by atoms with E-state index in [9.17, 15) is 4.79 Å². The summed E-state index contributed by atoms with van der Waals surface area (Å²) in [6.07, 6.45) is 2.87. The molecule has 0 fully saturated rings. The first kappa shape index (κ1) is 16.0. The van der Waals surface area contributed by atoms with Crippen molar-refractivity contribution in [3.05, 3.63) is 82.0 Å². The molecule has 0 saturated heterocycles. The summed E-state index contributed by atoms with van der Waals surface area (Å²) in [4.78, 5) is 25.9. The number of benzene rings is 1. The van der Waals surface area contributed by atoms with Gasteiger partial charge >= 0.3 is 0 Å². The molecule has 2 aromatic heterocycles. The van der Waals surface area contributed by atoms with Crippen molar-refractivity contribution in [2.24, 2.45) is 4.99 Å². The van der Waals surface area contributed by atoms with Gasteiger partial charge < -0.3 is 5.32 Å². The standard InChI is InChI=1S/C19H18N6O/c1-12-5-3-7-15(9-12)22-18-23-17(14-6-4-8-20-11-14)25-16(26)10-13(2)21-19(25)24-18/h3-11,17H,1-2H3,(H2,21,22,23,24)/t17-/m1/s1. The van der Waals surface area contributed by atoms with Gasteiger partial charge in [-0.1, -0.05) is 18.2 Å². The second kappa shape index (κ2) is 6.44. The summed E-state index contributed by atoms with van der Waals surface area (Å²) in [5, 5.41) is 6.38. The van der Waals surface area contributed by atoms with Crippen LogP contribution in [0, 0.1) is 13.8 Å². The van der Waals surface area contributed by atoms with Gasteiger partial charge in [-0.3, -0.25) is 19.7 Å². The molecule has 2 N–H and O–H groups in total. The van der Waals surface area contributed by atoms with Crippen molar-refractivity contribution in [1.29, 1.82) is 0 Å². The highest BCUT2D eigenvalue weighted by Crippen LogP contribution is 2.25. The average molecular weight is 346 g/mol. The van der Waals surface area contributed by atoms with E-state index >= 15 is 0 Å². The lowest BCUT2D eigenvalue weighted by atomic mass is 10.2. The summed E-state index contributed by atoms with van der Waals surface area (Å²) in [6, 6.07) is 13.2. The predicted octanol–water partition coefficient (Wildman–Crippen LogP) is 2.70. The highest BCUT2D eigenvalue weighted by atomic mass is 16.1. The van der Waals surface area contributed by atoms with Crippen molar-refractivity contribution >= 4 is 17.6 Å². The summed E-state index contributed by atoms with van der Waals surface area (Å²) in [5.41, 5.74) is 3.35. The third-order valence-electron chi connectivity index (χ3n) is 4.07. The molecule has 130 valence electrons. The third-order valence-corrected chi connectivity index (χ3v) is 4.07. The normalized spacial score (nSPS) is 15.6. The van der Waals surface area contributed by atoms with Gasteiger partial charge in [-0.05, 0) is 37.6 Å². The van der Waals surface area contributed by atoms with Crippen molar-refractivity contribution in [3.63, 3.8) is 0 Å². The van der Waals surface area contributed by atoms with E-state index in [0.29, 0.717) is 17.6 Å². The first-order valence-corrected chi connectivity index (χ1v) is 8.29. The second-order valence-corrected chi connectivity index (χ2v) is 6.19. The van der Waals surface area contributed by atoms with Gasteiger partial charge in [0.1, 0.15) is 0 Å². The van der Waals surface area contributed by atoms with Crippen LogP contribution in [0.5, 0.6) is 0 Å². The number of nitrogens with one attached hydrogen (secondary N) is 2. The molecule has 26 heavy (non-hydrogen) atoms. The monoisotopic (exact) mass is 346 g/mol. The number of aromatic nitrogens is 3. The average Bonchev–Trinajstić information content (AvgIpc) is 2.61. The summed E-state index contributed by atoms with van der Waals surface area (Å²) in [6.45, 7) is 3.82. The Kier molecular flexibility index (Phi) is 3.96. The lowest BCUT2D eigenvalue weighted by Gasteiger charge is -2.26. The van der Waals surface area contributed by atoms with Crippen LogP contribution in [0.4, 0.5) is 11.6 Å². The van der Waals surface area contributed by atoms with Gasteiger partial charge in [-0.15, -0.1) is 0 Å². The van der Waals surface area contributed by atoms with Crippen molar-refractivity contribution in [2.45, 2.75) is 20.0 Å². The molecule has 4 rings (SSSR count). The van der Waals surface area contributed by atoms with Crippen LogP contribution in [0.25, 0.3) is 0 Å². The van der Waals surface area contributed by atoms with E-state index in [1.165, 1.54) is 10.6 Å². The number of nitrogens with zero attached hydrogens (tertiary/aromatic N) is 4. The molecule has 7 nitrogen and oxygen atoms in total. The van der Waals surface area contributed by atoms with Crippen LogP contribution in [-0.4, -0.2) is 20.5 Å². The van der Waals surface area contributed by atoms with Gasteiger partial charge in [0.25, 0.3) is 5.56 Å². The molecule has 1 atom stereocenters. The molecule has 0 saturated carbocycles. The molecule has 0 spiro atoms. The van der Waals surface area contributed by atoms with Crippen molar-refractivity contribution in [1.82, 2.24) is 14.5 Å². The topological polar surface area (TPSA) is 84.2 Å². The maximum atomic E-state index is 12.6. The van der Waals surface area contributed by atoms with Gasteiger partial charge in [-0.2, -0.15) is 0 Å². The number of aliphatic imine (C=N–C) groups is 1. The highest BCUT2D eigenvalue weighted by molar-refractivity contribution is 6.03. The van der Waals surface area contributed by atoms with Crippen LogP contribution in [-0.2, 0) is 0 Å². The molecule has 0 radical (unpaired) electrons. The smallest absolute Gasteiger partial charge is 0.257 e. The van der Waals surface area contributed by atoms with E-state index in [2.05, 4.69) is 25.6 Å². The summed E-state index contributed by atoms with van der Waals surface area (Å²) >= 11 is 0. The summed E-state index contributed by atoms with van der Waals surface area (Å²) in [7, 11) is 0. The molecule has 1 aliphatic heterocycles. The largest absolute Gasteiger partial charge is 0.326 e. The zero-order chi connectivity index (χ0) is 18.1. The van der Waals surface area contributed by atoms with Crippen LogP contribution in [0.2, 0.25) is 0 Å². The van der Waals surface area contributed by atoms with Crippen molar-refractivity contribution in [2.75, 3.05) is 10.6 Å². The fraction of sp³-hybridized carbons (Fsp3) is 0.158. The lowest BCUT2D eigenvalue weighted by Crippen LogP contribution is -2.37. The third kappa shape index (κ3) is 3.06. The van der Waals surface area contributed by atoms with Crippen molar-refractivity contribution in [3.8, 4) is 0 Å². The van der Waals surface area contributed by atoms with Crippen LogP contribution in [0.15, 0.2) is 64.6 Å². The van der Waals surface area contributed by atoms with Crippen molar-refractivity contribution < 1.29 is 0 Å². The Morgan fingerprint density at radius 2 is 2.04 bits per heavy atom. The fourth-order valence-electron chi connectivity index (χ4n) is 2.92. The minimum atomic E-state index is -0.534. The molecule has 3 aromatic rings. The van der Waals surface area contributed by atoms with Crippen LogP contribution < -0.4 is 16.2 Å². The number of fused-ring (bicyclic) bond motifs is 1. The number of anilines is 2. The maximum absolute atomic E-state index is 12.6. The first-order valence-electron chi connectivity index (χ1n) is 8.29. The minimum Gasteiger partial charge on any atom is -0.326 e. The fourth-order valence-corrected chi connectivity index (χ4v) is 2.92. The predicted molar refractivity (Wildman–Crippen MR) is 101 cm³/mol. The number of aryl methyl sites for hydroxylation is 2. The van der Waals surface area contributed by atoms with Crippen LogP contribution in [0.3, 0.4) is 0 Å². The van der Waals surface area contributed by atoms with Gasteiger partial charge in [0.05, 0.1) is 0 Å².